The van der Waals surface area contributed by atoms with Gasteiger partial charge < -0.3 is 10.2 Å². The van der Waals surface area contributed by atoms with E-state index in [1.165, 1.54) is 12.1 Å². The molecule has 1 aromatic rings. The fourth-order valence-electron chi connectivity index (χ4n) is 0.753. The first-order valence-corrected chi connectivity index (χ1v) is 3.17. The zero-order chi connectivity index (χ0) is 8.27. The van der Waals surface area contributed by atoms with Crippen LogP contribution in [0.3, 0.4) is 0 Å². The van der Waals surface area contributed by atoms with Crippen molar-refractivity contribution in [1.29, 1.82) is 0 Å². The summed E-state index contributed by atoms with van der Waals surface area (Å²) in [4.78, 5) is 10.3. The summed E-state index contributed by atoms with van der Waals surface area (Å²) in [5.74, 6) is -0.950. The van der Waals surface area contributed by atoms with Crippen LogP contribution in [0.2, 0.25) is 0 Å². The van der Waals surface area contributed by atoms with Crippen molar-refractivity contribution in [3.8, 4) is 0 Å². The predicted molar refractivity (Wildman–Crippen MR) is 46.5 cm³/mol. The predicted octanol–water partition coefficient (Wildman–Crippen LogP) is 0.229. The van der Waals surface area contributed by atoms with Crippen LogP contribution >= 0.6 is 0 Å². The van der Waals surface area contributed by atoms with Crippen LogP contribution in [0.1, 0.15) is 15.9 Å². The third kappa shape index (κ3) is 2.95. The van der Waals surface area contributed by atoms with Gasteiger partial charge in [-0.05, 0) is 17.7 Å². The van der Waals surface area contributed by atoms with Crippen LogP contribution in [0.25, 0.3) is 0 Å². The Morgan fingerprint density at radius 1 is 1.25 bits per heavy atom. The van der Waals surface area contributed by atoms with Gasteiger partial charge in [-0.2, -0.15) is 0 Å². The summed E-state index contributed by atoms with van der Waals surface area (Å²) in [5.41, 5.74) is 0.956. The van der Waals surface area contributed by atoms with E-state index in [4.69, 9.17) is 10.2 Å². The number of carbonyl (C=O) groups is 1. The molecule has 0 aliphatic rings. The molecular weight excluding hydrogens is 167 g/mol. The van der Waals surface area contributed by atoms with Crippen LogP contribution in [0, 0.1) is 0 Å². The molecule has 0 heterocycles. The Balaban J connectivity index is 0.00000121. The van der Waals surface area contributed by atoms with Gasteiger partial charge in [0.05, 0.1) is 12.2 Å². The van der Waals surface area contributed by atoms with E-state index in [0.717, 1.165) is 5.56 Å². The van der Waals surface area contributed by atoms with Crippen molar-refractivity contribution >= 4 is 35.5 Å². The molecule has 0 saturated heterocycles. The Labute approximate surface area is 92.3 Å². The number of hydrogen-bond donors (Lipinski definition) is 2. The SMILES string of the molecule is O=C(O)c1ccc(CO)cc1.[NaH]. The summed E-state index contributed by atoms with van der Waals surface area (Å²) < 4.78 is 0. The van der Waals surface area contributed by atoms with Gasteiger partial charge >= 0.3 is 35.5 Å². The fourth-order valence-corrected chi connectivity index (χ4v) is 0.753. The normalized spacial score (nSPS) is 8.75. The Kier molecular flexibility index (Phi) is 5.17. The molecule has 0 radical (unpaired) electrons. The number of rotatable bonds is 2. The van der Waals surface area contributed by atoms with Gasteiger partial charge in [0, 0.05) is 0 Å². The van der Waals surface area contributed by atoms with Gasteiger partial charge in [-0.1, -0.05) is 12.1 Å². The molecule has 0 unspecified atom stereocenters. The summed E-state index contributed by atoms with van der Waals surface area (Å²) in [6, 6.07) is 6.11. The number of benzene rings is 1. The van der Waals surface area contributed by atoms with Crippen LogP contribution in [-0.4, -0.2) is 45.7 Å². The Hall–Kier alpha value is -0.350. The second kappa shape index (κ2) is 5.32. The molecule has 0 fully saturated rings. The second-order valence-corrected chi connectivity index (χ2v) is 2.16. The van der Waals surface area contributed by atoms with E-state index in [9.17, 15) is 4.79 Å². The molecule has 12 heavy (non-hydrogen) atoms. The van der Waals surface area contributed by atoms with Gasteiger partial charge in [-0.15, -0.1) is 0 Å². The van der Waals surface area contributed by atoms with Crippen LogP contribution in [0.5, 0.6) is 0 Å². The second-order valence-electron chi connectivity index (χ2n) is 2.16. The first-order chi connectivity index (χ1) is 5.24. The fraction of sp³-hybridized carbons (Fsp3) is 0.125. The molecule has 2 N–H and O–H groups in total. The first kappa shape index (κ1) is 11.6. The molecule has 1 rings (SSSR count). The number of carboxylic acids is 1. The zero-order valence-electron chi connectivity index (χ0n) is 5.82. The monoisotopic (exact) mass is 176 g/mol. The molecule has 3 nitrogen and oxygen atoms in total. The molecule has 0 bridgehead atoms. The van der Waals surface area contributed by atoms with Crippen molar-refractivity contribution in [2.24, 2.45) is 0 Å². The molecule has 0 amide bonds. The molecule has 0 spiro atoms. The van der Waals surface area contributed by atoms with Crippen molar-refractivity contribution in [1.82, 2.24) is 0 Å². The van der Waals surface area contributed by atoms with Crippen molar-refractivity contribution in [2.75, 3.05) is 0 Å². The van der Waals surface area contributed by atoms with Crippen LogP contribution in [0.15, 0.2) is 24.3 Å². The summed E-state index contributed by atoms with van der Waals surface area (Å²) in [7, 11) is 0. The number of aromatic carboxylic acids is 1. The molecular formula is C8H9NaO3. The molecule has 60 valence electrons. The minimum absolute atomic E-state index is 0. The van der Waals surface area contributed by atoms with E-state index in [2.05, 4.69) is 0 Å². The van der Waals surface area contributed by atoms with Gasteiger partial charge in [-0.3, -0.25) is 0 Å². The van der Waals surface area contributed by atoms with E-state index in [1.807, 2.05) is 0 Å². The van der Waals surface area contributed by atoms with Crippen LogP contribution < -0.4 is 0 Å². The van der Waals surface area contributed by atoms with Gasteiger partial charge in [0.15, 0.2) is 0 Å². The molecule has 0 aliphatic heterocycles. The van der Waals surface area contributed by atoms with Crippen molar-refractivity contribution in [3.05, 3.63) is 35.4 Å². The number of aliphatic hydroxyl groups excluding tert-OH is 1. The number of aliphatic hydroxyl groups is 1. The van der Waals surface area contributed by atoms with Crippen LogP contribution in [0.4, 0.5) is 0 Å². The molecule has 0 atom stereocenters. The van der Waals surface area contributed by atoms with E-state index >= 15 is 0 Å². The van der Waals surface area contributed by atoms with Gasteiger partial charge in [0.25, 0.3) is 0 Å². The number of carboxylic acid groups (broad SMARTS) is 1. The van der Waals surface area contributed by atoms with Gasteiger partial charge in [-0.25, -0.2) is 4.79 Å². The Bertz CT molecular complexity index is 256. The van der Waals surface area contributed by atoms with Crippen molar-refractivity contribution in [3.63, 3.8) is 0 Å². The van der Waals surface area contributed by atoms with E-state index in [-0.39, 0.29) is 41.7 Å². The van der Waals surface area contributed by atoms with Gasteiger partial charge in [0.1, 0.15) is 0 Å². The van der Waals surface area contributed by atoms with Crippen LogP contribution in [-0.2, 0) is 6.61 Å². The van der Waals surface area contributed by atoms with E-state index < -0.39 is 5.97 Å². The standard InChI is InChI=1S/C8H8O3.Na.H/c9-5-6-1-3-7(4-2-6)8(10)11;;/h1-4,9H,5H2,(H,10,11);;. The minimum atomic E-state index is -0.950. The maximum absolute atomic E-state index is 10.3. The Morgan fingerprint density at radius 2 is 1.75 bits per heavy atom. The van der Waals surface area contributed by atoms with E-state index in [1.54, 1.807) is 12.1 Å². The summed E-state index contributed by atoms with van der Waals surface area (Å²) in [6.45, 7) is -0.0557. The molecule has 0 saturated carbocycles. The third-order valence-corrected chi connectivity index (χ3v) is 1.38. The number of hydrogen-bond acceptors (Lipinski definition) is 2. The molecule has 1 aromatic carbocycles. The molecule has 0 aromatic heterocycles. The summed E-state index contributed by atoms with van der Waals surface area (Å²) >= 11 is 0. The first-order valence-electron chi connectivity index (χ1n) is 3.17. The average molecular weight is 176 g/mol. The average Bonchev–Trinajstić information content (AvgIpc) is 2.05. The Morgan fingerprint density at radius 3 is 2.08 bits per heavy atom. The third-order valence-electron chi connectivity index (χ3n) is 1.38. The summed E-state index contributed by atoms with van der Waals surface area (Å²) in [6.07, 6.45) is 0. The van der Waals surface area contributed by atoms with E-state index in [0.29, 0.717) is 0 Å². The van der Waals surface area contributed by atoms with Crippen molar-refractivity contribution in [2.45, 2.75) is 6.61 Å². The quantitative estimate of drug-likeness (QED) is 0.634. The van der Waals surface area contributed by atoms with Crippen molar-refractivity contribution < 1.29 is 15.0 Å². The zero-order valence-corrected chi connectivity index (χ0v) is 5.82. The topological polar surface area (TPSA) is 57.5 Å². The molecule has 4 heteroatoms. The maximum atomic E-state index is 10.3. The summed E-state index contributed by atoms with van der Waals surface area (Å²) in [5, 5.41) is 17.1. The molecule has 0 aliphatic carbocycles. The van der Waals surface area contributed by atoms with Gasteiger partial charge in [0.2, 0.25) is 0 Å².